The smallest absolute Gasteiger partial charge is 0.308 e. The maximum absolute atomic E-state index is 11.2. The van der Waals surface area contributed by atoms with Crippen molar-refractivity contribution in [3.05, 3.63) is 0 Å². The van der Waals surface area contributed by atoms with Crippen LogP contribution in [0.2, 0.25) is 0 Å². The fraction of sp³-hybridized carbons (Fsp3) is 0.900. The van der Waals surface area contributed by atoms with Crippen molar-refractivity contribution >= 4 is 5.97 Å². The van der Waals surface area contributed by atoms with E-state index in [0.29, 0.717) is 6.61 Å². The Morgan fingerprint density at radius 1 is 1.50 bits per heavy atom. The SMILES string of the molecule is CCCCCC1CCCOC1=O. The Bertz CT molecular complexity index is 143. The maximum Gasteiger partial charge on any atom is 0.308 e. The third kappa shape index (κ3) is 2.84. The second kappa shape index (κ2) is 5.18. The number of hydrogen-bond donors (Lipinski definition) is 0. The molecule has 0 saturated carbocycles. The molecule has 70 valence electrons. The van der Waals surface area contributed by atoms with E-state index in [2.05, 4.69) is 6.92 Å². The number of esters is 1. The molecule has 1 heterocycles. The Hall–Kier alpha value is -0.530. The highest BCUT2D eigenvalue weighted by Gasteiger charge is 2.22. The summed E-state index contributed by atoms with van der Waals surface area (Å²) < 4.78 is 4.98. The Morgan fingerprint density at radius 2 is 2.33 bits per heavy atom. The quantitative estimate of drug-likeness (QED) is 0.478. The minimum Gasteiger partial charge on any atom is -0.465 e. The molecule has 0 amide bonds. The van der Waals surface area contributed by atoms with E-state index in [-0.39, 0.29) is 11.9 Å². The number of carbonyl (C=O) groups is 1. The van der Waals surface area contributed by atoms with Crippen molar-refractivity contribution in [3.63, 3.8) is 0 Å². The van der Waals surface area contributed by atoms with Crippen molar-refractivity contribution in [2.24, 2.45) is 5.92 Å². The van der Waals surface area contributed by atoms with Crippen LogP contribution in [0, 0.1) is 5.92 Å². The molecule has 2 heteroatoms. The zero-order chi connectivity index (χ0) is 8.81. The van der Waals surface area contributed by atoms with Gasteiger partial charge in [-0.3, -0.25) is 4.79 Å². The normalized spacial score (nSPS) is 23.8. The van der Waals surface area contributed by atoms with Crippen LogP contribution in [0.15, 0.2) is 0 Å². The lowest BCUT2D eigenvalue weighted by molar-refractivity contribution is -0.153. The highest BCUT2D eigenvalue weighted by atomic mass is 16.5. The van der Waals surface area contributed by atoms with Crippen LogP contribution in [-0.2, 0) is 9.53 Å². The highest BCUT2D eigenvalue weighted by molar-refractivity contribution is 5.72. The van der Waals surface area contributed by atoms with Gasteiger partial charge in [-0.15, -0.1) is 0 Å². The monoisotopic (exact) mass is 170 g/mol. The molecule has 0 N–H and O–H groups in total. The van der Waals surface area contributed by atoms with E-state index in [0.717, 1.165) is 19.3 Å². The van der Waals surface area contributed by atoms with Crippen molar-refractivity contribution in [2.45, 2.75) is 45.4 Å². The van der Waals surface area contributed by atoms with Gasteiger partial charge in [0.05, 0.1) is 12.5 Å². The van der Waals surface area contributed by atoms with E-state index >= 15 is 0 Å². The van der Waals surface area contributed by atoms with Crippen molar-refractivity contribution in [2.75, 3.05) is 6.61 Å². The minimum atomic E-state index is 0.0392. The van der Waals surface area contributed by atoms with Gasteiger partial charge in [0, 0.05) is 0 Å². The second-order valence-electron chi connectivity index (χ2n) is 3.50. The Labute approximate surface area is 74.3 Å². The van der Waals surface area contributed by atoms with Gasteiger partial charge in [0.25, 0.3) is 0 Å². The summed E-state index contributed by atoms with van der Waals surface area (Å²) in [5.74, 6) is 0.252. The molecule has 0 aromatic heterocycles. The summed E-state index contributed by atoms with van der Waals surface area (Å²) in [5.41, 5.74) is 0. The molecule has 0 radical (unpaired) electrons. The van der Waals surface area contributed by atoms with Crippen LogP contribution in [0.4, 0.5) is 0 Å². The first-order valence-corrected chi connectivity index (χ1v) is 5.01. The topological polar surface area (TPSA) is 26.3 Å². The van der Waals surface area contributed by atoms with E-state index in [9.17, 15) is 4.79 Å². The van der Waals surface area contributed by atoms with E-state index in [4.69, 9.17) is 4.74 Å². The zero-order valence-corrected chi connectivity index (χ0v) is 7.84. The molecule has 1 aliphatic rings. The number of hydrogen-bond acceptors (Lipinski definition) is 2. The minimum absolute atomic E-state index is 0.0392. The van der Waals surface area contributed by atoms with Gasteiger partial charge in [0.1, 0.15) is 0 Å². The maximum atomic E-state index is 11.2. The van der Waals surface area contributed by atoms with Crippen LogP contribution in [0.1, 0.15) is 45.4 Å². The second-order valence-corrected chi connectivity index (χ2v) is 3.50. The van der Waals surface area contributed by atoms with Crippen LogP contribution in [0.3, 0.4) is 0 Å². The first-order chi connectivity index (χ1) is 5.84. The molecule has 1 unspecified atom stereocenters. The fourth-order valence-electron chi connectivity index (χ4n) is 1.64. The number of cyclic esters (lactones) is 1. The number of rotatable bonds is 4. The number of ether oxygens (including phenoxy) is 1. The van der Waals surface area contributed by atoms with Gasteiger partial charge in [0.2, 0.25) is 0 Å². The highest BCUT2D eigenvalue weighted by Crippen LogP contribution is 2.21. The van der Waals surface area contributed by atoms with Gasteiger partial charge < -0.3 is 4.74 Å². The summed E-state index contributed by atoms with van der Waals surface area (Å²) in [4.78, 5) is 11.2. The Morgan fingerprint density at radius 3 is 3.00 bits per heavy atom. The first kappa shape index (κ1) is 9.56. The van der Waals surface area contributed by atoms with Crippen molar-refractivity contribution in [3.8, 4) is 0 Å². The van der Waals surface area contributed by atoms with E-state index in [1.807, 2.05) is 0 Å². The summed E-state index contributed by atoms with van der Waals surface area (Å²) in [6.45, 7) is 2.82. The summed E-state index contributed by atoms with van der Waals surface area (Å²) in [6, 6.07) is 0. The third-order valence-electron chi connectivity index (χ3n) is 2.43. The third-order valence-corrected chi connectivity index (χ3v) is 2.43. The summed E-state index contributed by atoms with van der Waals surface area (Å²) in [7, 11) is 0. The molecule has 0 aromatic carbocycles. The molecule has 0 spiro atoms. The van der Waals surface area contributed by atoms with Gasteiger partial charge >= 0.3 is 5.97 Å². The van der Waals surface area contributed by atoms with Crippen LogP contribution in [-0.4, -0.2) is 12.6 Å². The molecule has 0 bridgehead atoms. The van der Waals surface area contributed by atoms with E-state index < -0.39 is 0 Å². The number of carbonyl (C=O) groups excluding carboxylic acids is 1. The van der Waals surface area contributed by atoms with Crippen molar-refractivity contribution in [1.29, 1.82) is 0 Å². The van der Waals surface area contributed by atoms with Crippen LogP contribution >= 0.6 is 0 Å². The lowest BCUT2D eigenvalue weighted by Crippen LogP contribution is -2.23. The average molecular weight is 170 g/mol. The van der Waals surface area contributed by atoms with Gasteiger partial charge in [-0.25, -0.2) is 0 Å². The summed E-state index contributed by atoms with van der Waals surface area (Å²) in [5, 5.41) is 0. The summed E-state index contributed by atoms with van der Waals surface area (Å²) in [6.07, 6.45) is 6.78. The van der Waals surface area contributed by atoms with Crippen LogP contribution in [0.25, 0.3) is 0 Å². The Kier molecular flexibility index (Phi) is 4.12. The average Bonchev–Trinajstić information content (AvgIpc) is 2.09. The van der Waals surface area contributed by atoms with Gasteiger partial charge in [-0.05, 0) is 19.3 Å². The predicted octanol–water partition coefficient (Wildman–Crippen LogP) is 2.52. The zero-order valence-electron chi connectivity index (χ0n) is 7.84. The van der Waals surface area contributed by atoms with Crippen LogP contribution in [0.5, 0.6) is 0 Å². The van der Waals surface area contributed by atoms with Crippen molar-refractivity contribution in [1.82, 2.24) is 0 Å². The fourth-order valence-corrected chi connectivity index (χ4v) is 1.64. The van der Waals surface area contributed by atoms with Crippen molar-refractivity contribution < 1.29 is 9.53 Å². The standard InChI is InChI=1S/C10H18O2/c1-2-3-4-6-9-7-5-8-12-10(9)11/h9H,2-8H2,1H3. The Balaban J connectivity index is 2.16. The molecular formula is C10H18O2. The van der Waals surface area contributed by atoms with E-state index in [1.54, 1.807) is 0 Å². The molecular weight excluding hydrogens is 152 g/mol. The molecule has 1 saturated heterocycles. The predicted molar refractivity (Wildman–Crippen MR) is 47.8 cm³/mol. The lowest BCUT2D eigenvalue weighted by atomic mass is 9.95. The molecule has 12 heavy (non-hydrogen) atoms. The molecule has 1 fully saturated rings. The molecule has 1 rings (SSSR count). The number of unbranched alkanes of at least 4 members (excludes halogenated alkanes) is 2. The van der Waals surface area contributed by atoms with E-state index in [1.165, 1.54) is 19.3 Å². The van der Waals surface area contributed by atoms with Gasteiger partial charge in [-0.1, -0.05) is 26.2 Å². The van der Waals surface area contributed by atoms with Gasteiger partial charge in [0.15, 0.2) is 0 Å². The molecule has 2 nitrogen and oxygen atoms in total. The molecule has 1 aliphatic heterocycles. The largest absolute Gasteiger partial charge is 0.465 e. The molecule has 1 atom stereocenters. The van der Waals surface area contributed by atoms with Gasteiger partial charge in [-0.2, -0.15) is 0 Å². The lowest BCUT2D eigenvalue weighted by Gasteiger charge is -2.20. The molecule has 0 aliphatic carbocycles. The first-order valence-electron chi connectivity index (χ1n) is 5.01. The molecule has 0 aromatic rings. The van der Waals surface area contributed by atoms with Crippen LogP contribution < -0.4 is 0 Å². The summed E-state index contributed by atoms with van der Waals surface area (Å²) >= 11 is 0.